The third kappa shape index (κ3) is 9.25. The fourth-order valence-corrected chi connectivity index (χ4v) is 5.25. The van der Waals surface area contributed by atoms with Crippen molar-refractivity contribution >= 4 is 35.2 Å². The van der Waals surface area contributed by atoms with Gasteiger partial charge in [0.25, 0.3) is 0 Å². The topological polar surface area (TPSA) is 151 Å². The highest BCUT2D eigenvalue weighted by Crippen LogP contribution is 2.38. The van der Waals surface area contributed by atoms with Crippen molar-refractivity contribution in [3.63, 3.8) is 0 Å². The quantitative estimate of drug-likeness (QED) is 0.257. The number of hydrogen-bond donors (Lipinski definition) is 2. The van der Waals surface area contributed by atoms with E-state index in [1.54, 1.807) is 6.07 Å². The molecular weight excluding hydrogens is 607 g/mol. The van der Waals surface area contributed by atoms with E-state index in [1.807, 2.05) is 9.80 Å². The van der Waals surface area contributed by atoms with Crippen molar-refractivity contribution in [1.29, 1.82) is 0 Å². The zero-order valence-corrected chi connectivity index (χ0v) is 25.0. The average molecular weight is 644 g/mol. The van der Waals surface area contributed by atoms with Crippen LogP contribution in [-0.2, 0) is 15.7 Å². The van der Waals surface area contributed by atoms with Gasteiger partial charge in [0, 0.05) is 55.9 Å². The first kappa shape index (κ1) is 33.4. The number of alkyl halides is 4. The average Bonchev–Trinajstić information content (AvgIpc) is 3.04. The summed E-state index contributed by atoms with van der Waals surface area (Å²) in [5.74, 6) is 0.947. The molecule has 2 aromatic rings. The Hall–Kier alpha value is -3.50. The maximum Gasteiger partial charge on any atom is 0.417 e. The van der Waals surface area contributed by atoms with E-state index in [4.69, 9.17) is 26.8 Å². The van der Waals surface area contributed by atoms with Crippen LogP contribution in [0.3, 0.4) is 0 Å². The molecule has 242 valence electrons. The minimum absolute atomic E-state index is 0.127. The van der Waals surface area contributed by atoms with Crippen LogP contribution in [0.5, 0.6) is 0 Å². The molecule has 3 fully saturated rings. The van der Waals surface area contributed by atoms with Gasteiger partial charge < -0.3 is 30.3 Å². The zero-order valence-electron chi connectivity index (χ0n) is 24.3. The molecule has 4 heterocycles. The van der Waals surface area contributed by atoms with E-state index in [-0.39, 0.29) is 35.5 Å². The van der Waals surface area contributed by atoms with Crippen molar-refractivity contribution in [3.05, 3.63) is 28.8 Å². The van der Waals surface area contributed by atoms with Gasteiger partial charge in [0.05, 0.1) is 49.5 Å². The summed E-state index contributed by atoms with van der Waals surface area (Å²) in [5, 5.41) is 6.25. The van der Waals surface area contributed by atoms with Crippen LogP contribution in [-0.4, -0.2) is 97.1 Å². The van der Waals surface area contributed by atoms with Crippen LogP contribution in [0.1, 0.15) is 37.7 Å². The van der Waals surface area contributed by atoms with Crippen molar-refractivity contribution in [2.45, 2.75) is 44.3 Å². The minimum atomic E-state index is -4.59. The molecule has 2 amide bonds. The second kappa shape index (κ2) is 16.0. The highest BCUT2D eigenvalue weighted by molar-refractivity contribution is 6.18. The number of carbonyl (C=O) groups excluding carboxylic acids is 1. The number of rotatable bonds is 7. The summed E-state index contributed by atoms with van der Waals surface area (Å²) in [4.78, 5) is 38.7. The van der Waals surface area contributed by atoms with Crippen molar-refractivity contribution in [2.75, 3.05) is 80.6 Å². The van der Waals surface area contributed by atoms with Crippen LogP contribution >= 0.6 is 11.6 Å². The molecule has 3 N–H and O–H groups in total. The van der Waals surface area contributed by atoms with E-state index in [2.05, 4.69) is 25.6 Å². The molecule has 0 spiro atoms. The van der Waals surface area contributed by atoms with E-state index in [0.29, 0.717) is 64.4 Å². The zero-order chi connectivity index (χ0) is 31.5. The molecule has 44 heavy (non-hydrogen) atoms. The number of morpholine rings is 2. The van der Waals surface area contributed by atoms with Crippen molar-refractivity contribution in [3.8, 4) is 11.3 Å². The molecule has 3 aliphatic rings. The molecule has 2 aliphatic heterocycles. The Balaban J connectivity index is 0.000000249. The Labute approximate surface area is 258 Å². The second-order valence-electron chi connectivity index (χ2n) is 10.4. The molecule has 0 aromatic carbocycles. The molecule has 17 heteroatoms. The number of nitrogen functional groups attached to an aromatic ring is 1. The Morgan fingerprint density at radius 2 is 1.68 bits per heavy atom. The minimum Gasteiger partial charge on any atom is -0.384 e. The van der Waals surface area contributed by atoms with Gasteiger partial charge in [-0.25, -0.2) is 14.8 Å². The molecule has 2 saturated heterocycles. The number of anilines is 3. The second-order valence-corrected chi connectivity index (χ2v) is 10.8. The van der Waals surface area contributed by atoms with Crippen molar-refractivity contribution < 1.29 is 27.4 Å². The molecule has 1 aliphatic carbocycles. The first-order valence-electron chi connectivity index (χ1n) is 14.5. The molecule has 0 bridgehead atoms. The van der Waals surface area contributed by atoms with Gasteiger partial charge in [-0.1, -0.05) is 19.3 Å². The number of urea groups is 1. The molecule has 0 atom stereocenters. The van der Waals surface area contributed by atoms with E-state index in [0.717, 1.165) is 43.0 Å². The van der Waals surface area contributed by atoms with Crippen LogP contribution in [0, 0.1) is 4.91 Å². The lowest BCUT2D eigenvalue weighted by atomic mass is 9.96. The molecule has 2 aromatic heterocycles. The van der Waals surface area contributed by atoms with E-state index >= 15 is 0 Å². The molecule has 1 saturated carbocycles. The first-order chi connectivity index (χ1) is 21.2. The lowest BCUT2D eigenvalue weighted by Gasteiger charge is -2.31. The summed E-state index contributed by atoms with van der Waals surface area (Å²) in [6.07, 6.45) is 1.99. The summed E-state index contributed by atoms with van der Waals surface area (Å²) in [5.41, 5.74) is 4.67. The van der Waals surface area contributed by atoms with E-state index in [1.165, 1.54) is 6.42 Å². The van der Waals surface area contributed by atoms with Crippen LogP contribution in [0.2, 0.25) is 0 Å². The van der Waals surface area contributed by atoms with Crippen molar-refractivity contribution in [2.24, 2.45) is 5.29 Å². The van der Waals surface area contributed by atoms with Gasteiger partial charge in [0.1, 0.15) is 11.6 Å². The van der Waals surface area contributed by atoms with Crippen LogP contribution in [0.4, 0.5) is 35.5 Å². The highest BCUT2D eigenvalue weighted by Gasteiger charge is 2.35. The SMILES string of the molecule is Nc1cc(C(F)(F)F)c(-c2cc(N3CCOCC3)nc(N3CCOCC3)n2)cn1.O=NN(CCCl)C(=O)NC1CCCCC1. The fraction of sp³-hybridized carbons (Fsp3) is 0.630. The van der Waals surface area contributed by atoms with Gasteiger partial charge in [0.15, 0.2) is 0 Å². The Morgan fingerprint density at radius 1 is 1.05 bits per heavy atom. The number of halogens is 4. The summed E-state index contributed by atoms with van der Waals surface area (Å²) < 4.78 is 51.7. The maximum absolute atomic E-state index is 13.6. The van der Waals surface area contributed by atoms with Gasteiger partial charge in [-0.05, 0) is 18.9 Å². The standard InChI is InChI=1S/C18H21F3N6O2.C9H16ClN3O2/c19-18(20,21)13-9-15(22)23-11-12(13)14-10-16(26-1-5-28-6-2-26)25-17(24-14)27-3-7-29-8-4-27;10-6-7-13(12-15)9(14)11-8-4-2-1-3-5-8/h9-11H,1-8H2,(H2,22,23);8H,1-7H2,(H,11,14). The smallest absolute Gasteiger partial charge is 0.384 e. The van der Waals surface area contributed by atoms with Gasteiger partial charge in [-0.15, -0.1) is 16.5 Å². The number of ether oxygens (including phenoxy) is 2. The van der Waals surface area contributed by atoms with Gasteiger partial charge in [-0.2, -0.15) is 23.2 Å². The number of nitroso groups, excluding NO2 is 1. The monoisotopic (exact) mass is 643 g/mol. The third-order valence-electron chi connectivity index (χ3n) is 7.40. The van der Waals surface area contributed by atoms with E-state index in [9.17, 15) is 22.9 Å². The normalized spacial score (nSPS) is 17.8. The number of aromatic nitrogens is 3. The number of hydrogen-bond acceptors (Lipinski definition) is 11. The van der Waals surface area contributed by atoms with Crippen LogP contribution in [0.25, 0.3) is 11.3 Å². The molecule has 0 unspecified atom stereocenters. The number of pyridine rings is 1. The molecule has 5 rings (SSSR count). The van der Waals surface area contributed by atoms with Crippen LogP contribution < -0.4 is 20.9 Å². The molecule has 13 nitrogen and oxygen atoms in total. The summed E-state index contributed by atoms with van der Waals surface area (Å²) in [6, 6.07) is 2.15. The molecular formula is C27H37ClF3N9O4. The summed E-state index contributed by atoms with van der Waals surface area (Å²) >= 11 is 5.44. The van der Waals surface area contributed by atoms with Gasteiger partial charge >= 0.3 is 12.2 Å². The number of nitrogens with one attached hydrogen (secondary N) is 1. The fourth-order valence-electron chi connectivity index (χ4n) is 5.08. The number of nitrogens with zero attached hydrogens (tertiary/aromatic N) is 7. The predicted molar refractivity (Wildman–Crippen MR) is 159 cm³/mol. The Morgan fingerprint density at radius 3 is 2.27 bits per heavy atom. The van der Waals surface area contributed by atoms with Crippen molar-refractivity contribution in [1.82, 2.24) is 25.3 Å². The summed E-state index contributed by atoms with van der Waals surface area (Å²) in [6.45, 7) is 4.58. The lowest BCUT2D eigenvalue weighted by Crippen LogP contribution is -2.43. The maximum atomic E-state index is 13.6. The highest BCUT2D eigenvalue weighted by atomic mass is 35.5. The number of amides is 2. The first-order valence-corrected chi connectivity index (χ1v) is 15.1. The summed E-state index contributed by atoms with van der Waals surface area (Å²) in [7, 11) is 0. The predicted octanol–water partition coefficient (Wildman–Crippen LogP) is 4.06. The van der Waals surface area contributed by atoms with Gasteiger partial charge in [-0.3, -0.25) is 0 Å². The Kier molecular flexibility index (Phi) is 12.1. The largest absolute Gasteiger partial charge is 0.417 e. The third-order valence-corrected chi connectivity index (χ3v) is 7.57. The number of nitrogens with two attached hydrogens (primary N) is 1. The van der Waals surface area contributed by atoms with Gasteiger partial charge in [0.2, 0.25) is 5.95 Å². The van der Waals surface area contributed by atoms with E-state index < -0.39 is 17.8 Å². The number of carbonyl (C=O) groups is 1. The molecule has 0 radical (unpaired) electrons. The lowest BCUT2D eigenvalue weighted by molar-refractivity contribution is -0.137. The van der Waals surface area contributed by atoms with Crippen LogP contribution in [0.15, 0.2) is 23.6 Å². The Bertz CT molecular complexity index is 1210.